The third-order valence-electron chi connectivity index (χ3n) is 4.66. The molecule has 0 atom stereocenters. The number of methoxy groups -OCH3 is 1. The fourth-order valence-corrected chi connectivity index (χ4v) is 3.42. The summed E-state index contributed by atoms with van der Waals surface area (Å²) in [5, 5.41) is 4.19. The predicted octanol–water partition coefficient (Wildman–Crippen LogP) is 6.92. The zero-order chi connectivity index (χ0) is 20.1. The number of anilines is 1. The van der Waals surface area contributed by atoms with Crippen molar-refractivity contribution in [1.82, 2.24) is 0 Å². The van der Waals surface area contributed by atoms with Crippen LogP contribution in [0.1, 0.15) is 22.3 Å². The molecule has 0 amide bonds. The maximum atomic E-state index is 6.16. The fraction of sp³-hybridized carbons (Fsp3) is 0.217. The van der Waals surface area contributed by atoms with Crippen LogP contribution in [0.4, 0.5) is 5.69 Å². The van der Waals surface area contributed by atoms with Gasteiger partial charge < -0.3 is 14.8 Å². The molecule has 28 heavy (non-hydrogen) atoms. The van der Waals surface area contributed by atoms with Crippen molar-refractivity contribution >= 4 is 33.2 Å². The third kappa shape index (κ3) is 5.00. The van der Waals surface area contributed by atoms with Crippen LogP contribution in [0.2, 0.25) is 5.02 Å². The quantitative estimate of drug-likeness (QED) is 0.415. The molecule has 0 unspecified atom stereocenters. The van der Waals surface area contributed by atoms with Crippen LogP contribution in [-0.4, -0.2) is 7.11 Å². The van der Waals surface area contributed by atoms with Gasteiger partial charge in [-0.15, -0.1) is 0 Å². The Labute approximate surface area is 179 Å². The van der Waals surface area contributed by atoms with Gasteiger partial charge in [-0.2, -0.15) is 0 Å². The van der Waals surface area contributed by atoms with Crippen molar-refractivity contribution in [2.75, 3.05) is 12.4 Å². The Kier molecular flexibility index (Phi) is 6.87. The maximum Gasteiger partial charge on any atom is 0.167 e. The van der Waals surface area contributed by atoms with Crippen LogP contribution < -0.4 is 14.8 Å². The molecule has 0 fully saturated rings. The lowest BCUT2D eigenvalue weighted by Gasteiger charge is -2.18. The Morgan fingerprint density at radius 3 is 2.39 bits per heavy atom. The molecule has 3 aromatic rings. The average molecular weight is 461 g/mol. The second kappa shape index (κ2) is 9.35. The van der Waals surface area contributed by atoms with E-state index in [-0.39, 0.29) is 0 Å². The van der Waals surface area contributed by atoms with Crippen LogP contribution in [0.15, 0.2) is 59.1 Å². The summed E-state index contributed by atoms with van der Waals surface area (Å²) < 4.78 is 12.7. The third-order valence-corrected chi connectivity index (χ3v) is 5.65. The number of aryl methyl sites for hydroxylation is 2. The first-order valence-corrected chi connectivity index (χ1v) is 10.2. The van der Waals surface area contributed by atoms with E-state index in [1.54, 1.807) is 7.11 Å². The number of hydrogen-bond donors (Lipinski definition) is 1. The summed E-state index contributed by atoms with van der Waals surface area (Å²) in [5.74, 6) is 1.43. The van der Waals surface area contributed by atoms with E-state index in [9.17, 15) is 0 Å². The highest BCUT2D eigenvalue weighted by molar-refractivity contribution is 9.10. The summed E-state index contributed by atoms with van der Waals surface area (Å²) in [5.41, 5.74) is 5.65. The van der Waals surface area contributed by atoms with Gasteiger partial charge in [-0.3, -0.25) is 0 Å². The van der Waals surface area contributed by atoms with E-state index in [4.69, 9.17) is 21.1 Å². The summed E-state index contributed by atoms with van der Waals surface area (Å²) in [6.45, 7) is 5.26. The molecule has 0 radical (unpaired) electrons. The van der Waals surface area contributed by atoms with Crippen molar-refractivity contribution in [3.05, 3.63) is 86.3 Å². The molecular formula is C23H23BrClNO2. The number of ether oxygens (including phenoxy) is 2. The molecule has 0 aromatic heterocycles. The Bertz CT molecular complexity index is 958. The first kappa shape index (κ1) is 20.6. The molecule has 1 N–H and O–H groups in total. The van der Waals surface area contributed by atoms with E-state index in [0.29, 0.717) is 23.9 Å². The summed E-state index contributed by atoms with van der Waals surface area (Å²) in [6.07, 6.45) is 0. The molecule has 0 aliphatic rings. The largest absolute Gasteiger partial charge is 0.493 e. The molecular weight excluding hydrogens is 438 g/mol. The van der Waals surface area contributed by atoms with Gasteiger partial charge in [0, 0.05) is 27.3 Å². The summed E-state index contributed by atoms with van der Waals surface area (Å²) in [6, 6.07) is 17.9. The smallest absolute Gasteiger partial charge is 0.167 e. The van der Waals surface area contributed by atoms with Gasteiger partial charge in [-0.05, 0) is 66.9 Å². The normalized spacial score (nSPS) is 10.6. The summed E-state index contributed by atoms with van der Waals surface area (Å²) in [7, 11) is 1.65. The van der Waals surface area contributed by atoms with E-state index >= 15 is 0 Å². The van der Waals surface area contributed by atoms with Gasteiger partial charge >= 0.3 is 0 Å². The Balaban J connectivity index is 1.82. The van der Waals surface area contributed by atoms with Crippen molar-refractivity contribution in [2.45, 2.75) is 27.0 Å². The van der Waals surface area contributed by atoms with Gasteiger partial charge in [0.15, 0.2) is 11.5 Å². The van der Waals surface area contributed by atoms with E-state index < -0.39 is 0 Å². The molecule has 0 spiro atoms. The van der Waals surface area contributed by atoms with Gasteiger partial charge in [0.1, 0.15) is 6.61 Å². The fourth-order valence-electron chi connectivity index (χ4n) is 2.84. The first-order chi connectivity index (χ1) is 13.5. The molecule has 0 aliphatic carbocycles. The number of rotatable bonds is 7. The Morgan fingerprint density at radius 2 is 1.71 bits per heavy atom. The highest BCUT2D eigenvalue weighted by Crippen LogP contribution is 2.37. The van der Waals surface area contributed by atoms with Crippen LogP contribution in [0.5, 0.6) is 11.5 Å². The van der Waals surface area contributed by atoms with Crippen LogP contribution in [-0.2, 0) is 13.2 Å². The molecule has 0 heterocycles. The topological polar surface area (TPSA) is 30.5 Å². The molecule has 0 bridgehead atoms. The van der Waals surface area contributed by atoms with Gasteiger partial charge in [-0.1, -0.05) is 45.7 Å². The van der Waals surface area contributed by atoms with E-state index in [1.165, 1.54) is 11.1 Å². The minimum absolute atomic E-state index is 0.431. The number of nitrogens with one attached hydrogen (secondary N) is 1. The van der Waals surface area contributed by atoms with E-state index in [0.717, 1.165) is 27.0 Å². The van der Waals surface area contributed by atoms with Gasteiger partial charge in [-0.25, -0.2) is 0 Å². The molecule has 3 rings (SSSR count). The van der Waals surface area contributed by atoms with Gasteiger partial charge in [0.2, 0.25) is 0 Å². The van der Waals surface area contributed by atoms with Crippen molar-refractivity contribution < 1.29 is 9.47 Å². The standard InChI is InChI=1S/C23H23BrClNO2/c1-15-4-9-19(12-16(15)2)26-13-20-21(24)10-11-22(27-3)23(20)28-14-17-5-7-18(25)8-6-17/h4-12,26H,13-14H2,1-3H3. The first-order valence-electron chi connectivity index (χ1n) is 9.01. The van der Waals surface area contributed by atoms with Crippen molar-refractivity contribution in [3.8, 4) is 11.5 Å². The zero-order valence-corrected chi connectivity index (χ0v) is 18.5. The van der Waals surface area contributed by atoms with E-state index in [2.05, 4.69) is 53.3 Å². The number of benzene rings is 3. The number of halogens is 2. The molecule has 5 heteroatoms. The van der Waals surface area contributed by atoms with Crippen LogP contribution in [0, 0.1) is 13.8 Å². The van der Waals surface area contributed by atoms with Crippen LogP contribution >= 0.6 is 27.5 Å². The van der Waals surface area contributed by atoms with Gasteiger partial charge in [0.05, 0.1) is 7.11 Å². The lowest BCUT2D eigenvalue weighted by atomic mass is 10.1. The Hall–Kier alpha value is -2.17. The highest BCUT2D eigenvalue weighted by Gasteiger charge is 2.15. The molecule has 0 saturated heterocycles. The minimum atomic E-state index is 0.431. The molecule has 3 nitrogen and oxygen atoms in total. The molecule has 146 valence electrons. The minimum Gasteiger partial charge on any atom is -0.493 e. The summed E-state index contributed by atoms with van der Waals surface area (Å²) in [4.78, 5) is 0. The SMILES string of the molecule is COc1ccc(Br)c(CNc2ccc(C)c(C)c2)c1OCc1ccc(Cl)cc1. The van der Waals surface area contributed by atoms with Crippen LogP contribution in [0.25, 0.3) is 0 Å². The lowest BCUT2D eigenvalue weighted by molar-refractivity contribution is 0.281. The van der Waals surface area contributed by atoms with Crippen molar-refractivity contribution in [3.63, 3.8) is 0 Å². The molecule has 0 aliphatic heterocycles. The highest BCUT2D eigenvalue weighted by atomic mass is 79.9. The van der Waals surface area contributed by atoms with Crippen LogP contribution in [0.3, 0.4) is 0 Å². The van der Waals surface area contributed by atoms with Gasteiger partial charge in [0.25, 0.3) is 0 Å². The van der Waals surface area contributed by atoms with Crippen molar-refractivity contribution in [2.24, 2.45) is 0 Å². The summed E-state index contributed by atoms with van der Waals surface area (Å²) >= 11 is 9.62. The lowest BCUT2D eigenvalue weighted by Crippen LogP contribution is -2.06. The van der Waals surface area contributed by atoms with Crippen molar-refractivity contribution in [1.29, 1.82) is 0 Å². The molecule has 3 aromatic carbocycles. The van der Waals surface area contributed by atoms with E-state index in [1.807, 2.05) is 36.4 Å². The second-order valence-corrected chi connectivity index (χ2v) is 7.92. The average Bonchev–Trinajstić information content (AvgIpc) is 2.69. The predicted molar refractivity (Wildman–Crippen MR) is 120 cm³/mol. The zero-order valence-electron chi connectivity index (χ0n) is 16.2. The second-order valence-electron chi connectivity index (χ2n) is 6.63. The number of hydrogen-bond acceptors (Lipinski definition) is 3. The maximum absolute atomic E-state index is 6.16. The monoisotopic (exact) mass is 459 g/mol. The molecule has 0 saturated carbocycles. The Morgan fingerprint density at radius 1 is 0.964 bits per heavy atom.